The SMILES string of the molecule is O=C(OCc1nnc(-c2ccccc2)o1)c1ccccc1Oc1ccccc1. The van der Waals surface area contributed by atoms with E-state index in [9.17, 15) is 4.79 Å². The van der Waals surface area contributed by atoms with E-state index in [0.717, 1.165) is 5.56 Å². The van der Waals surface area contributed by atoms with Crippen molar-refractivity contribution in [2.24, 2.45) is 0 Å². The van der Waals surface area contributed by atoms with Gasteiger partial charge in [0.2, 0.25) is 5.89 Å². The molecule has 138 valence electrons. The van der Waals surface area contributed by atoms with Crippen LogP contribution in [0.2, 0.25) is 0 Å². The highest BCUT2D eigenvalue weighted by molar-refractivity contribution is 5.92. The van der Waals surface area contributed by atoms with Gasteiger partial charge in [-0.3, -0.25) is 0 Å². The summed E-state index contributed by atoms with van der Waals surface area (Å²) in [5, 5.41) is 7.90. The van der Waals surface area contributed by atoms with E-state index >= 15 is 0 Å². The van der Waals surface area contributed by atoms with Crippen molar-refractivity contribution < 1.29 is 18.7 Å². The first-order chi connectivity index (χ1) is 13.8. The Labute approximate surface area is 161 Å². The summed E-state index contributed by atoms with van der Waals surface area (Å²) in [6.45, 7) is -0.127. The molecule has 0 fully saturated rings. The molecule has 0 spiro atoms. The standard InChI is InChI=1S/C22H16N2O4/c25-22(18-13-7-8-14-19(18)27-17-11-5-2-6-12-17)26-15-20-23-24-21(28-20)16-9-3-1-4-10-16/h1-14H,15H2. The molecule has 3 aromatic carbocycles. The molecule has 4 rings (SSSR count). The second-order valence-corrected chi connectivity index (χ2v) is 5.85. The van der Waals surface area contributed by atoms with Crippen LogP contribution in [-0.2, 0) is 11.3 Å². The van der Waals surface area contributed by atoms with E-state index < -0.39 is 5.97 Å². The molecule has 1 aromatic heterocycles. The van der Waals surface area contributed by atoms with Crippen molar-refractivity contribution in [1.29, 1.82) is 0 Å². The number of para-hydroxylation sites is 2. The molecule has 0 atom stereocenters. The van der Waals surface area contributed by atoms with Crippen LogP contribution in [0.1, 0.15) is 16.2 Å². The summed E-state index contributed by atoms with van der Waals surface area (Å²) in [7, 11) is 0. The Morgan fingerprint density at radius 2 is 1.50 bits per heavy atom. The number of hydrogen-bond donors (Lipinski definition) is 0. The number of rotatable bonds is 6. The summed E-state index contributed by atoms with van der Waals surface area (Å²) in [6.07, 6.45) is 0. The Hall–Kier alpha value is -3.93. The first-order valence-electron chi connectivity index (χ1n) is 8.66. The molecule has 4 aromatic rings. The lowest BCUT2D eigenvalue weighted by Crippen LogP contribution is -2.07. The van der Waals surface area contributed by atoms with Crippen LogP contribution in [0.3, 0.4) is 0 Å². The average molecular weight is 372 g/mol. The maximum Gasteiger partial charge on any atom is 0.342 e. The number of aromatic nitrogens is 2. The molecule has 0 saturated heterocycles. The number of benzene rings is 3. The van der Waals surface area contributed by atoms with Crippen LogP contribution in [0.5, 0.6) is 11.5 Å². The van der Waals surface area contributed by atoms with E-state index in [4.69, 9.17) is 13.9 Å². The zero-order chi connectivity index (χ0) is 19.2. The van der Waals surface area contributed by atoms with Crippen LogP contribution in [-0.4, -0.2) is 16.2 Å². The van der Waals surface area contributed by atoms with Crippen LogP contribution >= 0.6 is 0 Å². The fraction of sp³-hybridized carbons (Fsp3) is 0.0455. The zero-order valence-corrected chi connectivity index (χ0v) is 14.8. The molecule has 0 saturated carbocycles. The molecule has 6 heteroatoms. The highest BCUT2D eigenvalue weighted by Gasteiger charge is 2.16. The number of ether oxygens (including phenoxy) is 2. The molecule has 0 aliphatic heterocycles. The third kappa shape index (κ3) is 4.07. The molecule has 0 amide bonds. The van der Waals surface area contributed by atoms with Gasteiger partial charge in [0.15, 0.2) is 6.61 Å². The van der Waals surface area contributed by atoms with Gasteiger partial charge in [0, 0.05) is 5.56 Å². The lowest BCUT2D eigenvalue weighted by molar-refractivity contribution is 0.0436. The lowest BCUT2D eigenvalue weighted by atomic mass is 10.2. The largest absolute Gasteiger partial charge is 0.456 e. The van der Waals surface area contributed by atoms with Gasteiger partial charge in [-0.1, -0.05) is 48.5 Å². The van der Waals surface area contributed by atoms with E-state index in [1.165, 1.54) is 0 Å². The van der Waals surface area contributed by atoms with Gasteiger partial charge in [-0.25, -0.2) is 4.79 Å². The van der Waals surface area contributed by atoms with Crippen LogP contribution in [0.4, 0.5) is 0 Å². The molecule has 0 N–H and O–H groups in total. The Bertz CT molecular complexity index is 1060. The smallest absolute Gasteiger partial charge is 0.342 e. The van der Waals surface area contributed by atoms with Crippen LogP contribution < -0.4 is 4.74 Å². The minimum absolute atomic E-state index is 0.127. The molecule has 1 heterocycles. The topological polar surface area (TPSA) is 74.5 Å². The summed E-state index contributed by atoms with van der Waals surface area (Å²) >= 11 is 0. The molecule has 28 heavy (non-hydrogen) atoms. The third-order valence-corrected chi connectivity index (χ3v) is 3.89. The van der Waals surface area contributed by atoms with E-state index in [1.807, 2.05) is 60.7 Å². The minimum atomic E-state index is -0.536. The summed E-state index contributed by atoms with van der Waals surface area (Å²) in [6, 6.07) is 25.5. The van der Waals surface area contributed by atoms with Gasteiger partial charge >= 0.3 is 5.97 Å². The number of hydrogen-bond acceptors (Lipinski definition) is 6. The first-order valence-corrected chi connectivity index (χ1v) is 8.66. The average Bonchev–Trinajstić information content (AvgIpc) is 3.23. The van der Waals surface area contributed by atoms with Crippen LogP contribution in [0, 0.1) is 0 Å². The van der Waals surface area contributed by atoms with Crippen molar-refractivity contribution >= 4 is 5.97 Å². The molecular weight excluding hydrogens is 356 g/mol. The number of nitrogens with zero attached hydrogens (tertiary/aromatic N) is 2. The Morgan fingerprint density at radius 3 is 2.29 bits per heavy atom. The van der Waals surface area contributed by atoms with Crippen molar-refractivity contribution in [2.45, 2.75) is 6.61 Å². The molecule has 0 bridgehead atoms. The van der Waals surface area contributed by atoms with E-state index in [1.54, 1.807) is 24.3 Å². The molecule has 0 aliphatic rings. The first kappa shape index (κ1) is 17.5. The molecule has 0 radical (unpaired) electrons. The highest BCUT2D eigenvalue weighted by atomic mass is 16.5. The van der Waals surface area contributed by atoms with Crippen LogP contribution in [0.15, 0.2) is 89.3 Å². The highest BCUT2D eigenvalue weighted by Crippen LogP contribution is 2.26. The van der Waals surface area contributed by atoms with Gasteiger partial charge in [0.25, 0.3) is 5.89 Å². The van der Waals surface area contributed by atoms with Gasteiger partial charge in [-0.15, -0.1) is 10.2 Å². The Balaban J connectivity index is 1.44. The lowest BCUT2D eigenvalue weighted by Gasteiger charge is -2.10. The third-order valence-electron chi connectivity index (χ3n) is 3.89. The molecule has 6 nitrogen and oxygen atoms in total. The minimum Gasteiger partial charge on any atom is -0.456 e. The number of carbonyl (C=O) groups is 1. The maximum atomic E-state index is 12.5. The summed E-state index contributed by atoms with van der Waals surface area (Å²) < 4.78 is 16.7. The van der Waals surface area contributed by atoms with Gasteiger partial charge in [0.05, 0.1) is 0 Å². The second kappa shape index (κ2) is 8.18. The van der Waals surface area contributed by atoms with Gasteiger partial charge in [0.1, 0.15) is 17.1 Å². The Kier molecular flexibility index (Phi) is 5.11. The van der Waals surface area contributed by atoms with Crippen molar-refractivity contribution in [3.8, 4) is 23.0 Å². The van der Waals surface area contributed by atoms with Crippen molar-refractivity contribution in [3.63, 3.8) is 0 Å². The second-order valence-electron chi connectivity index (χ2n) is 5.85. The monoisotopic (exact) mass is 372 g/mol. The van der Waals surface area contributed by atoms with E-state index in [0.29, 0.717) is 23.0 Å². The number of esters is 1. The van der Waals surface area contributed by atoms with E-state index in [-0.39, 0.29) is 12.5 Å². The molecule has 0 aliphatic carbocycles. The summed E-state index contributed by atoms with van der Waals surface area (Å²) in [5.41, 5.74) is 1.11. The van der Waals surface area contributed by atoms with Crippen molar-refractivity contribution in [2.75, 3.05) is 0 Å². The normalized spacial score (nSPS) is 10.4. The van der Waals surface area contributed by atoms with Gasteiger partial charge < -0.3 is 13.9 Å². The number of carbonyl (C=O) groups excluding carboxylic acids is 1. The molecular formula is C22H16N2O4. The predicted molar refractivity (Wildman–Crippen MR) is 102 cm³/mol. The van der Waals surface area contributed by atoms with Crippen LogP contribution in [0.25, 0.3) is 11.5 Å². The summed E-state index contributed by atoms with van der Waals surface area (Å²) in [5.74, 6) is 1.10. The van der Waals surface area contributed by atoms with Gasteiger partial charge in [-0.2, -0.15) is 0 Å². The van der Waals surface area contributed by atoms with Gasteiger partial charge in [-0.05, 0) is 36.4 Å². The summed E-state index contributed by atoms with van der Waals surface area (Å²) in [4.78, 5) is 12.5. The predicted octanol–water partition coefficient (Wildman–Crippen LogP) is 4.89. The van der Waals surface area contributed by atoms with Crippen molar-refractivity contribution in [3.05, 3.63) is 96.4 Å². The molecule has 0 unspecified atom stereocenters. The van der Waals surface area contributed by atoms with Crippen molar-refractivity contribution in [1.82, 2.24) is 10.2 Å². The fourth-order valence-corrected chi connectivity index (χ4v) is 2.55. The fourth-order valence-electron chi connectivity index (χ4n) is 2.55. The quantitative estimate of drug-likeness (QED) is 0.449. The maximum absolute atomic E-state index is 12.5. The Morgan fingerprint density at radius 1 is 0.821 bits per heavy atom. The van der Waals surface area contributed by atoms with E-state index in [2.05, 4.69) is 10.2 Å². The zero-order valence-electron chi connectivity index (χ0n) is 14.8.